The molecule has 0 radical (unpaired) electrons. The van der Waals surface area contributed by atoms with Crippen LogP contribution in [0.1, 0.15) is 72.1 Å². The van der Waals surface area contributed by atoms with E-state index >= 15 is 0 Å². The largest absolute Gasteiger partial charge is 0.417 e. The van der Waals surface area contributed by atoms with E-state index in [4.69, 9.17) is 4.43 Å². The minimum absolute atomic E-state index is 0.336. The third-order valence-corrected chi connectivity index (χ3v) is 9.63. The molecular formula is C18H36OSi. The van der Waals surface area contributed by atoms with Crippen molar-refractivity contribution in [3.63, 3.8) is 0 Å². The van der Waals surface area contributed by atoms with Gasteiger partial charge in [-0.1, -0.05) is 58.6 Å². The molecule has 1 saturated carbocycles. The molecule has 0 heterocycles. The molecular weight excluding hydrogens is 260 g/mol. The van der Waals surface area contributed by atoms with Crippen LogP contribution in [-0.2, 0) is 4.43 Å². The molecule has 2 heteroatoms. The van der Waals surface area contributed by atoms with Crippen LogP contribution in [0.15, 0.2) is 12.2 Å². The van der Waals surface area contributed by atoms with E-state index in [9.17, 15) is 0 Å². The van der Waals surface area contributed by atoms with Gasteiger partial charge in [0.15, 0.2) is 8.32 Å². The second-order valence-corrected chi connectivity index (χ2v) is 12.7. The molecule has 1 fully saturated rings. The fourth-order valence-electron chi connectivity index (χ4n) is 2.54. The molecule has 0 saturated heterocycles. The molecule has 0 aromatic rings. The molecule has 0 unspecified atom stereocenters. The summed E-state index contributed by atoms with van der Waals surface area (Å²) in [6.45, 7) is 12.6. The number of allylic oxidation sites excluding steroid dienone is 2. The van der Waals surface area contributed by atoms with Crippen molar-refractivity contribution in [2.75, 3.05) is 6.61 Å². The lowest BCUT2D eigenvalue weighted by Gasteiger charge is -2.36. The van der Waals surface area contributed by atoms with Gasteiger partial charge in [0.25, 0.3) is 0 Å². The van der Waals surface area contributed by atoms with Gasteiger partial charge in [-0.25, -0.2) is 0 Å². The van der Waals surface area contributed by atoms with Gasteiger partial charge in [-0.15, -0.1) is 0 Å². The van der Waals surface area contributed by atoms with Crippen LogP contribution in [0.25, 0.3) is 0 Å². The monoisotopic (exact) mass is 296 g/mol. The molecule has 1 rings (SSSR count). The van der Waals surface area contributed by atoms with Crippen molar-refractivity contribution in [1.29, 1.82) is 0 Å². The lowest BCUT2D eigenvalue weighted by atomic mass is 9.99. The van der Waals surface area contributed by atoms with Crippen LogP contribution in [0.2, 0.25) is 18.1 Å². The Kier molecular flexibility index (Phi) is 7.53. The Morgan fingerprint density at radius 1 is 1.05 bits per heavy atom. The van der Waals surface area contributed by atoms with E-state index in [1.165, 1.54) is 51.4 Å². The zero-order valence-electron chi connectivity index (χ0n) is 14.5. The highest BCUT2D eigenvalue weighted by atomic mass is 28.4. The SMILES string of the molecule is CC(C)(C)[Si](C)(C)OCCC/C=C/C1CCCCCC1. The summed E-state index contributed by atoms with van der Waals surface area (Å²) >= 11 is 0. The van der Waals surface area contributed by atoms with Crippen LogP contribution in [0.5, 0.6) is 0 Å². The summed E-state index contributed by atoms with van der Waals surface area (Å²) in [5.74, 6) is 0.860. The summed E-state index contributed by atoms with van der Waals surface area (Å²) in [7, 11) is -1.53. The van der Waals surface area contributed by atoms with Gasteiger partial charge >= 0.3 is 0 Å². The van der Waals surface area contributed by atoms with Gasteiger partial charge in [0.1, 0.15) is 0 Å². The van der Waals surface area contributed by atoms with Crippen LogP contribution in [-0.4, -0.2) is 14.9 Å². The fraction of sp³-hybridized carbons (Fsp3) is 0.889. The van der Waals surface area contributed by atoms with E-state index in [1.54, 1.807) is 0 Å². The van der Waals surface area contributed by atoms with Crippen LogP contribution in [0.3, 0.4) is 0 Å². The zero-order valence-corrected chi connectivity index (χ0v) is 15.5. The lowest BCUT2D eigenvalue weighted by molar-refractivity contribution is 0.283. The van der Waals surface area contributed by atoms with Gasteiger partial charge in [-0.3, -0.25) is 0 Å². The van der Waals surface area contributed by atoms with Crippen molar-refractivity contribution >= 4 is 8.32 Å². The Bertz CT molecular complexity index is 280. The first-order chi connectivity index (χ1) is 9.33. The van der Waals surface area contributed by atoms with E-state index in [0.717, 1.165) is 12.5 Å². The molecule has 0 spiro atoms. The van der Waals surface area contributed by atoms with Gasteiger partial charge in [0.05, 0.1) is 0 Å². The smallest absolute Gasteiger partial charge is 0.191 e. The van der Waals surface area contributed by atoms with Crippen LogP contribution in [0, 0.1) is 5.92 Å². The maximum Gasteiger partial charge on any atom is 0.191 e. The van der Waals surface area contributed by atoms with Gasteiger partial charge in [-0.2, -0.15) is 0 Å². The standard InChI is InChI=1S/C18H36OSi/c1-18(2,3)20(4,5)19-16-12-8-11-15-17-13-9-6-7-10-14-17/h11,15,17H,6-10,12-14,16H2,1-5H3/b15-11+. The summed E-state index contributed by atoms with van der Waals surface area (Å²) in [6, 6.07) is 0. The Hall–Kier alpha value is -0.0831. The van der Waals surface area contributed by atoms with Gasteiger partial charge in [-0.05, 0) is 49.7 Å². The third kappa shape index (κ3) is 6.58. The quantitative estimate of drug-likeness (QED) is 0.241. The first-order valence-corrected chi connectivity index (χ1v) is 11.5. The predicted molar refractivity (Wildman–Crippen MR) is 92.7 cm³/mol. The normalized spacial score (nSPS) is 19.4. The van der Waals surface area contributed by atoms with Gasteiger partial charge in [0.2, 0.25) is 0 Å². The summed E-state index contributed by atoms with van der Waals surface area (Å²) in [5, 5.41) is 0.336. The first-order valence-electron chi connectivity index (χ1n) is 8.63. The topological polar surface area (TPSA) is 9.23 Å². The van der Waals surface area contributed by atoms with Crippen molar-refractivity contribution in [3.8, 4) is 0 Å². The number of hydrogen-bond acceptors (Lipinski definition) is 1. The van der Waals surface area contributed by atoms with Crippen molar-refractivity contribution in [2.45, 2.75) is 90.3 Å². The van der Waals surface area contributed by atoms with E-state index in [1.807, 2.05) is 0 Å². The van der Waals surface area contributed by atoms with E-state index in [0.29, 0.717) is 5.04 Å². The Morgan fingerprint density at radius 2 is 1.65 bits per heavy atom. The lowest BCUT2D eigenvalue weighted by Crippen LogP contribution is -2.40. The molecule has 0 atom stereocenters. The van der Waals surface area contributed by atoms with Gasteiger partial charge < -0.3 is 4.43 Å². The predicted octanol–water partition coefficient (Wildman–Crippen LogP) is 6.32. The number of hydrogen-bond donors (Lipinski definition) is 0. The van der Waals surface area contributed by atoms with E-state index < -0.39 is 8.32 Å². The van der Waals surface area contributed by atoms with E-state index in [-0.39, 0.29) is 0 Å². The Labute approximate surface area is 128 Å². The molecule has 1 nitrogen and oxygen atoms in total. The fourth-order valence-corrected chi connectivity index (χ4v) is 3.62. The summed E-state index contributed by atoms with van der Waals surface area (Å²) in [6.07, 6.45) is 15.8. The van der Waals surface area contributed by atoms with Crippen molar-refractivity contribution in [1.82, 2.24) is 0 Å². The van der Waals surface area contributed by atoms with E-state index in [2.05, 4.69) is 46.0 Å². The summed E-state index contributed by atoms with van der Waals surface area (Å²) < 4.78 is 6.21. The van der Waals surface area contributed by atoms with Crippen molar-refractivity contribution in [2.24, 2.45) is 5.92 Å². The van der Waals surface area contributed by atoms with Crippen molar-refractivity contribution in [3.05, 3.63) is 12.2 Å². The highest BCUT2D eigenvalue weighted by Crippen LogP contribution is 2.36. The van der Waals surface area contributed by atoms with Crippen LogP contribution < -0.4 is 0 Å². The number of unbranched alkanes of at least 4 members (excludes halogenated alkanes) is 1. The van der Waals surface area contributed by atoms with Crippen molar-refractivity contribution < 1.29 is 4.43 Å². The first kappa shape index (κ1) is 18.0. The Balaban J connectivity index is 2.15. The molecule has 0 aromatic heterocycles. The van der Waals surface area contributed by atoms with Crippen LogP contribution in [0.4, 0.5) is 0 Å². The minimum atomic E-state index is -1.53. The molecule has 0 aliphatic heterocycles. The maximum absolute atomic E-state index is 6.21. The second-order valence-electron chi connectivity index (χ2n) is 7.93. The molecule has 0 bridgehead atoms. The summed E-state index contributed by atoms with van der Waals surface area (Å²) in [4.78, 5) is 0. The Morgan fingerprint density at radius 3 is 2.20 bits per heavy atom. The molecule has 0 aromatic carbocycles. The maximum atomic E-state index is 6.21. The number of rotatable bonds is 6. The average Bonchev–Trinajstić information content (AvgIpc) is 2.60. The second kappa shape index (κ2) is 8.38. The average molecular weight is 297 g/mol. The third-order valence-electron chi connectivity index (χ3n) is 5.09. The zero-order chi connectivity index (χ0) is 15.1. The molecule has 0 N–H and O–H groups in total. The minimum Gasteiger partial charge on any atom is -0.417 e. The van der Waals surface area contributed by atoms with Crippen LogP contribution >= 0.6 is 0 Å². The highest BCUT2D eigenvalue weighted by molar-refractivity contribution is 6.74. The molecule has 1 aliphatic rings. The molecule has 1 aliphatic carbocycles. The summed E-state index contributed by atoms with van der Waals surface area (Å²) in [5.41, 5.74) is 0. The molecule has 118 valence electrons. The molecule has 0 amide bonds. The molecule has 20 heavy (non-hydrogen) atoms. The highest BCUT2D eigenvalue weighted by Gasteiger charge is 2.36. The van der Waals surface area contributed by atoms with Gasteiger partial charge in [0, 0.05) is 6.61 Å².